The molecule has 0 saturated carbocycles. The maximum absolute atomic E-state index is 12.3. The van der Waals surface area contributed by atoms with E-state index in [-0.39, 0.29) is 17.8 Å². The second kappa shape index (κ2) is 6.66. The molecule has 1 fully saturated rings. The Labute approximate surface area is 122 Å². The fourth-order valence-corrected chi connectivity index (χ4v) is 2.49. The molecule has 0 bridgehead atoms. The summed E-state index contributed by atoms with van der Waals surface area (Å²) in [6, 6.07) is 6.41. The van der Waals surface area contributed by atoms with Gasteiger partial charge in [0.15, 0.2) is 0 Å². The van der Waals surface area contributed by atoms with Crippen LogP contribution in [0.25, 0.3) is 0 Å². The standard InChI is InChI=1S/C15H20F3NO2/c1-10(2)19-9-12-6-7-20-14(12)11-4-3-5-13(8-11)21-15(16,17)18/h3-5,8,10,12,14,19H,6-7,9H2,1-2H3. The lowest BCUT2D eigenvalue weighted by Crippen LogP contribution is -2.30. The SMILES string of the molecule is CC(C)NCC1CCOC1c1cccc(OC(F)(F)F)c1. The molecule has 21 heavy (non-hydrogen) atoms. The van der Waals surface area contributed by atoms with Crippen LogP contribution >= 0.6 is 0 Å². The molecule has 1 aromatic carbocycles. The van der Waals surface area contributed by atoms with Crippen LogP contribution in [0.4, 0.5) is 13.2 Å². The first-order valence-electron chi connectivity index (χ1n) is 7.06. The van der Waals surface area contributed by atoms with Crippen molar-refractivity contribution >= 4 is 0 Å². The van der Waals surface area contributed by atoms with Gasteiger partial charge in [-0.3, -0.25) is 0 Å². The minimum absolute atomic E-state index is 0.187. The number of halogens is 3. The first-order chi connectivity index (χ1) is 9.85. The maximum Gasteiger partial charge on any atom is 0.573 e. The molecule has 1 N–H and O–H groups in total. The number of hydrogen-bond acceptors (Lipinski definition) is 3. The van der Waals surface area contributed by atoms with E-state index < -0.39 is 6.36 Å². The average molecular weight is 303 g/mol. The third-order valence-corrected chi connectivity index (χ3v) is 3.42. The van der Waals surface area contributed by atoms with Gasteiger partial charge in [0.25, 0.3) is 0 Å². The minimum atomic E-state index is -4.67. The van der Waals surface area contributed by atoms with E-state index in [1.807, 2.05) is 0 Å². The largest absolute Gasteiger partial charge is 0.573 e. The fourth-order valence-electron chi connectivity index (χ4n) is 2.49. The summed E-state index contributed by atoms with van der Waals surface area (Å²) in [5.74, 6) is 0.0552. The van der Waals surface area contributed by atoms with Crippen LogP contribution in [0.1, 0.15) is 31.9 Å². The number of rotatable bonds is 5. The van der Waals surface area contributed by atoms with Crippen molar-refractivity contribution in [3.05, 3.63) is 29.8 Å². The summed E-state index contributed by atoms with van der Waals surface area (Å²) in [5.41, 5.74) is 0.727. The van der Waals surface area contributed by atoms with E-state index in [0.717, 1.165) is 18.5 Å². The zero-order valence-corrected chi connectivity index (χ0v) is 12.1. The summed E-state index contributed by atoms with van der Waals surface area (Å²) in [4.78, 5) is 0. The van der Waals surface area contributed by atoms with E-state index in [1.54, 1.807) is 12.1 Å². The van der Waals surface area contributed by atoms with Gasteiger partial charge in [-0.1, -0.05) is 26.0 Å². The van der Waals surface area contributed by atoms with Crippen molar-refractivity contribution in [2.45, 2.75) is 38.8 Å². The smallest absolute Gasteiger partial charge is 0.406 e. The van der Waals surface area contributed by atoms with Crippen molar-refractivity contribution in [1.29, 1.82) is 0 Å². The van der Waals surface area contributed by atoms with Crippen molar-refractivity contribution in [3.8, 4) is 5.75 Å². The van der Waals surface area contributed by atoms with Crippen molar-refractivity contribution in [1.82, 2.24) is 5.32 Å². The van der Waals surface area contributed by atoms with E-state index in [9.17, 15) is 13.2 Å². The first kappa shape index (κ1) is 16.1. The van der Waals surface area contributed by atoms with E-state index >= 15 is 0 Å². The van der Waals surface area contributed by atoms with E-state index in [2.05, 4.69) is 23.9 Å². The summed E-state index contributed by atoms with van der Waals surface area (Å²) in [5, 5.41) is 3.35. The topological polar surface area (TPSA) is 30.5 Å². The lowest BCUT2D eigenvalue weighted by molar-refractivity contribution is -0.274. The molecular formula is C15H20F3NO2. The van der Waals surface area contributed by atoms with Gasteiger partial charge in [-0.2, -0.15) is 0 Å². The molecule has 3 nitrogen and oxygen atoms in total. The summed E-state index contributed by atoms with van der Waals surface area (Å²) >= 11 is 0. The van der Waals surface area contributed by atoms with Crippen LogP contribution in [-0.4, -0.2) is 25.6 Å². The Hall–Kier alpha value is -1.27. The third-order valence-electron chi connectivity index (χ3n) is 3.42. The van der Waals surface area contributed by atoms with Crippen molar-refractivity contribution in [2.24, 2.45) is 5.92 Å². The normalized spacial score (nSPS) is 22.8. The molecule has 2 rings (SSSR count). The molecule has 2 atom stereocenters. The molecule has 1 aliphatic heterocycles. The predicted octanol–water partition coefficient (Wildman–Crippen LogP) is 3.66. The van der Waals surface area contributed by atoms with Crippen LogP contribution in [0.15, 0.2) is 24.3 Å². The van der Waals surface area contributed by atoms with Gasteiger partial charge in [-0.25, -0.2) is 0 Å². The summed E-state index contributed by atoms with van der Waals surface area (Å²) in [6.45, 7) is 5.53. The van der Waals surface area contributed by atoms with Gasteiger partial charge in [0, 0.05) is 25.1 Å². The highest BCUT2D eigenvalue weighted by molar-refractivity contribution is 5.31. The number of alkyl halides is 3. The highest BCUT2D eigenvalue weighted by atomic mass is 19.4. The van der Waals surface area contributed by atoms with Crippen molar-refractivity contribution in [2.75, 3.05) is 13.2 Å². The fraction of sp³-hybridized carbons (Fsp3) is 0.600. The highest BCUT2D eigenvalue weighted by Gasteiger charge is 2.33. The molecule has 0 spiro atoms. The molecule has 0 aliphatic carbocycles. The third kappa shape index (κ3) is 4.89. The van der Waals surface area contributed by atoms with Crippen LogP contribution in [0.5, 0.6) is 5.75 Å². The maximum atomic E-state index is 12.3. The van der Waals surface area contributed by atoms with Crippen LogP contribution in [0.3, 0.4) is 0 Å². The van der Waals surface area contributed by atoms with Gasteiger partial charge in [0.2, 0.25) is 0 Å². The zero-order valence-electron chi connectivity index (χ0n) is 12.1. The Bertz CT molecular complexity index is 462. The number of ether oxygens (including phenoxy) is 2. The van der Waals surface area contributed by atoms with Crippen molar-refractivity contribution in [3.63, 3.8) is 0 Å². The summed E-state index contributed by atoms with van der Waals surface area (Å²) < 4.78 is 46.5. The van der Waals surface area contributed by atoms with Crippen LogP contribution in [0, 0.1) is 5.92 Å². The Morgan fingerprint density at radius 3 is 2.81 bits per heavy atom. The molecule has 1 aliphatic rings. The van der Waals surface area contributed by atoms with E-state index in [4.69, 9.17) is 4.74 Å². The quantitative estimate of drug-likeness (QED) is 0.900. The molecule has 6 heteroatoms. The summed E-state index contributed by atoms with van der Waals surface area (Å²) in [7, 11) is 0. The lowest BCUT2D eigenvalue weighted by atomic mass is 9.95. The molecule has 1 heterocycles. The van der Waals surface area contributed by atoms with Gasteiger partial charge >= 0.3 is 6.36 Å². The number of nitrogens with one attached hydrogen (secondary N) is 1. The minimum Gasteiger partial charge on any atom is -0.406 e. The van der Waals surface area contributed by atoms with Gasteiger partial charge in [0.05, 0.1) is 6.10 Å². The molecule has 0 amide bonds. The van der Waals surface area contributed by atoms with Gasteiger partial charge in [-0.05, 0) is 24.1 Å². The predicted molar refractivity (Wildman–Crippen MR) is 73.1 cm³/mol. The van der Waals surface area contributed by atoms with Crippen LogP contribution < -0.4 is 10.1 Å². The second-order valence-electron chi connectivity index (χ2n) is 5.52. The zero-order chi connectivity index (χ0) is 15.5. The van der Waals surface area contributed by atoms with Crippen LogP contribution in [0.2, 0.25) is 0 Å². The summed E-state index contributed by atoms with van der Waals surface area (Å²) in [6.07, 6.45) is -3.96. The molecule has 2 unspecified atom stereocenters. The highest BCUT2D eigenvalue weighted by Crippen LogP contribution is 2.36. The molecule has 1 aromatic rings. The van der Waals surface area contributed by atoms with Crippen LogP contribution in [-0.2, 0) is 4.74 Å². The van der Waals surface area contributed by atoms with E-state index in [1.165, 1.54) is 12.1 Å². The number of hydrogen-bond donors (Lipinski definition) is 1. The molecule has 1 saturated heterocycles. The Morgan fingerprint density at radius 1 is 1.38 bits per heavy atom. The monoisotopic (exact) mass is 303 g/mol. The second-order valence-corrected chi connectivity index (χ2v) is 5.52. The first-order valence-corrected chi connectivity index (χ1v) is 7.06. The molecule has 0 aromatic heterocycles. The Kier molecular flexibility index (Phi) is 5.11. The van der Waals surface area contributed by atoms with E-state index in [0.29, 0.717) is 12.6 Å². The lowest BCUT2D eigenvalue weighted by Gasteiger charge is -2.21. The molecule has 0 radical (unpaired) electrons. The number of benzene rings is 1. The van der Waals surface area contributed by atoms with Gasteiger partial charge in [-0.15, -0.1) is 13.2 Å². The average Bonchev–Trinajstić information content (AvgIpc) is 2.82. The Morgan fingerprint density at radius 2 is 2.14 bits per heavy atom. The molecule has 118 valence electrons. The Balaban J connectivity index is 2.07. The van der Waals surface area contributed by atoms with Gasteiger partial charge < -0.3 is 14.8 Å². The van der Waals surface area contributed by atoms with Gasteiger partial charge in [0.1, 0.15) is 5.75 Å². The molecular weight excluding hydrogens is 283 g/mol. The van der Waals surface area contributed by atoms with Crippen molar-refractivity contribution < 1.29 is 22.6 Å².